The van der Waals surface area contributed by atoms with Crippen molar-refractivity contribution in [2.75, 3.05) is 18.4 Å². The van der Waals surface area contributed by atoms with Gasteiger partial charge in [-0.2, -0.15) is 0 Å². The topological polar surface area (TPSA) is 80.1 Å². The molecule has 0 bridgehead atoms. The van der Waals surface area contributed by atoms with Crippen molar-refractivity contribution in [3.63, 3.8) is 0 Å². The summed E-state index contributed by atoms with van der Waals surface area (Å²) in [4.78, 5) is 14.0. The van der Waals surface area contributed by atoms with Gasteiger partial charge in [-0.25, -0.2) is 4.98 Å². The van der Waals surface area contributed by atoms with Crippen molar-refractivity contribution in [1.29, 1.82) is 0 Å². The van der Waals surface area contributed by atoms with Gasteiger partial charge in [-0.15, -0.1) is 0 Å². The number of nitrogens with zero attached hydrogens (tertiary/aromatic N) is 2. The Labute approximate surface area is 90.9 Å². The van der Waals surface area contributed by atoms with Gasteiger partial charge in [0.1, 0.15) is 6.20 Å². The number of piperidine rings is 1. The predicted molar refractivity (Wildman–Crippen MR) is 58.3 cm³/mol. The monoisotopic (exact) mass is 228 g/mol. The van der Waals surface area contributed by atoms with Crippen molar-refractivity contribution in [3.8, 4) is 0 Å². The quantitative estimate of drug-likeness (QED) is 0.600. The van der Waals surface area contributed by atoms with Crippen LogP contribution in [0.25, 0.3) is 0 Å². The number of rotatable bonds is 3. The minimum atomic E-state index is -0.411. The highest BCUT2D eigenvalue weighted by molar-refractivity contribution is 7.18. The molecule has 1 aromatic rings. The first kappa shape index (κ1) is 10.3. The molecule has 1 aromatic heterocycles. The molecule has 1 fully saturated rings. The van der Waals surface area contributed by atoms with E-state index in [1.54, 1.807) is 0 Å². The van der Waals surface area contributed by atoms with E-state index < -0.39 is 4.92 Å². The molecule has 7 heteroatoms. The highest BCUT2D eigenvalue weighted by Gasteiger charge is 2.16. The maximum atomic E-state index is 10.4. The fourth-order valence-corrected chi connectivity index (χ4v) is 2.27. The van der Waals surface area contributed by atoms with E-state index >= 15 is 0 Å². The van der Waals surface area contributed by atoms with Gasteiger partial charge in [0.15, 0.2) is 5.13 Å². The summed E-state index contributed by atoms with van der Waals surface area (Å²) >= 11 is 1.09. The number of hydrogen-bond donors (Lipinski definition) is 2. The Morgan fingerprint density at radius 1 is 1.60 bits per heavy atom. The van der Waals surface area contributed by atoms with E-state index in [2.05, 4.69) is 15.6 Å². The molecule has 1 saturated heterocycles. The molecule has 1 aliphatic rings. The minimum absolute atomic E-state index is 0.0893. The number of aromatic nitrogens is 1. The zero-order chi connectivity index (χ0) is 10.7. The molecule has 0 unspecified atom stereocenters. The summed E-state index contributed by atoms with van der Waals surface area (Å²) in [6.07, 6.45) is 3.37. The Kier molecular flexibility index (Phi) is 3.12. The molecule has 1 aliphatic heterocycles. The van der Waals surface area contributed by atoms with E-state index in [1.807, 2.05) is 0 Å². The summed E-state index contributed by atoms with van der Waals surface area (Å²) in [6, 6.07) is 0.386. The van der Waals surface area contributed by atoms with E-state index in [4.69, 9.17) is 0 Å². The van der Waals surface area contributed by atoms with Crippen LogP contribution in [0, 0.1) is 10.1 Å². The van der Waals surface area contributed by atoms with Crippen molar-refractivity contribution < 1.29 is 4.92 Å². The van der Waals surface area contributed by atoms with Gasteiger partial charge in [0.25, 0.3) is 0 Å². The maximum absolute atomic E-state index is 10.4. The minimum Gasteiger partial charge on any atom is -0.359 e. The molecule has 0 aromatic carbocycles. The number of hydrogen-bond acceptors (Lipinski definition) is 6. The van der Waals surface area contributed by atoms with E-state index in [-0.39, 0.29) is 5.00 Å². The fraction of sp³-hybridized carbons (Fsp3) is 0.625. The van der Waals surface area contributed by atoms with Crippen molar-refractivity contribution in [2.45, 2.75) is 18.9 Å². The van der Waals surface area contributed by atoms with Crippen molar-refractivity contribution in [2.24, 2.45) is 0 Å². The average molecular weight is 228 g/mol. The zero-order valence-corrected chi connectivity index (χ0v) is 8.92. The van der Waals surface area contributed by atoms with E-state index in [1.165, 1.54) is 6.20 Å². The summed E-state index contributed by atoms with van der Waals surface area (Å²) < 4.78 is 0. The van der Waals surface area contributed by atoms with Gasteiger partial charge >= 0.3 is 5.00 Å². The van der Waals surface area contributed by atoms with Crippen molar-refractivity contribution in [1.82, 2.24) is 10.3 Å². The molecular formula is C8H12N4O2S. The van der Waals surface area contributed by atoms with Gasteiger partial charge in [-0.05, 0) is 37.3 Å². The van der Waals surface area contributed by atoms with Crippen LogP contribution in [0.1, 0.15) is 12.8 Å². The molecule has 15 heavy (non-hydrogen) atoms. The second-order valence-electron chi connectivity index (χ2n) is 3.43. The first-order chi connectivity index (χ1) is 7.25. The van der Waals surface area contributed by atoms with E-state index in [0.717, 1.165) is 37.3 Å². The lowest BCUT2D eigenvalue weighted by molar-refractivity contribution is -0.380. The third kappa shape index (κ3) is 2.63. The van der Waals surface area contributed by atoms with Gasteiger partial charge in [-0.3, -0.25) is 10.1 Å². The number of nitrogens with one attached hydrogen (secondary N) is 2. The highest BCUT2D eigenvalue weighted by Crippen LogP contribution is 2.26. The Morgan fingerprint density at radius 3 is 2.93 bits per heavy atom. The number of nitro groups is 1. The van der Waals surface area contributed by atoms with Crippen LogP contribution < -0.4 is 10.6 Å². The summed E-state index contributed by atoms with van der Waals surface area (Å²) in [7, 11) is 0. The molecule has 2 N–H and O–H groups in total. The van der Waals surface area contributed by atoms with Crippen LogP contribution in [0.15, 0.2) is 6.20 Å². The second-order valence-corrected chi connectivity index (χ2v) is 4.44. The summed E-state index contributed by atoms with van der Waals surface area (Å²) in [5, 5.41) is 17.7. The maximum Gasteiger partial charge on any atom is 0.345 e. The van der Waals surface area contributed by atoms with Crippen LogP contribution in [-0.4, -0.2) is 29.0 Å². The van der Waals surface area contributed by atoms with Crippen LogP contribution >= 0.6 is 11.3 Å². The Hall–Kier alpha value is -1.21. The molecule has 0 amide bonds. The van der Waals surface area contributed by atoms with Crippen LogP contribution in [0.4, 0.5) is 10.1 Å². The smallest absolute Gasteiger partial charge is 0.345 e. The second kappa shape index (κ2) is 4.54. The van der Waals surface area contributed by atoms with Crippen LogP contribution in [0.2, 0.25) is 0 Å². The van der Waals surface area contributed by atoms with Gasteiger partial charge in [-0.1, -0.05) is 0 Å². The van der Waals surface area contributed by atoms with Gasteiger partial charge in [0.2, 0.25) is 0 Å². The van der Waals surface area contributed by atoms with Crippen molar-refractivity contribution >= 4 is 21.5 Å². The molecule has 0 radical (unpaired) electrons. The third-order valence-corrected chi connectivity index (χ3v) is 3.22. The Morgan fingerprint density at radius 2 is 2.33 bits per heavy atom. The van der Waals surface area contributed by atoms with Gasteiger partial charge in [0, 0.05) is 6.04 Å². The molecule has 0 aliphatic carbocycles. The van der Waals surface area contributed by atoms with Crippen LogP contribution in [0.5, 0.6) is 0 Å². The molecule has 6 nitrogen and oxygen atoms in total. The molecule has 0 saturated carbocycles. The first-order valence-electron chi connectivity index (χ1n) is 4.83. The fourth-order valence-electron chi connectivity index (χ4n) is 1.56. The molecule has 0 spiro atoms. The lowest BCUT2D eigenvalue weighted by Gasteiger charge is -2.22. The summed E-state index contributed by atoms with van der Waals surface area (Å²) in [6.45, 7) is 1.98. The molecular weight excluding hydrogens is 216 g/mol. The Bertz CT molecular complexity index is 348. The van der Waals surface area contributed by atoms with Crippen LogP contribution in [0.3, 0.4) is 0 Å². The standard InChI is InChI=1S/C8H12N4O2S/c13-12(14)7-5-10-8(15-7)11-6-1-3-9-4-2-6/h5-6,9H,1-4H2,(H,10,11). The average Bonchev–Trinajstić information content (AvgIpc) is 2.68. The van der Waals surface area contributed by atoms with Gasteiger partial charge < -0.3 is 10.6 Å². The molecule has 82 valence electrons. The number of thiazole rings is 1. The summed E-state index contributed by atoms with van der Waals surface area (Å²) in [5.41, 5.74) is 0. The summed E-state index contributed by atoms with van der Waals surface area (Å²) in [5.74, 6) is 0. The Balaban J connectivity index is 1.94. The largest absolute Gasteiger partial charge is 0.359 e. The molecule has 0 atom stereocenters. The molecule has 2 rings (SSSR count). The normalized spacial score (nSPS) is 17.6. The SMILES string of the molecule is O=[N+]([O-])c1cnc(NC2CCNCC2)s1. The predicted octanol–water partition coefficient (Wildman–Crippen LogP) is 1.22. The van der Waals surface area contributed by atoms with Crippen LogP contribution in [-0.2, 0) is 0 Å². The first-order valence-corrected chi connectivity index (χ1v) is 5.65. The lowest BCUT2D eigenvalue weighted by atomic mass is 10.1. The number of anilines is 1. The van der Waals surface area contributed by atoms with E-state index in [0.29, 0.717) is 11.2 Å². The van der Waals surface area contributed by atoms with E-state index in [9.17, 15) is 10.1 Å². The van der Waals surface area contributed by atoms with Gasteiger partial charge in [0.05, 0.1) is 4.92 Å². The highest BCUT2D eigenvalue weighted by atomic mass is 32.1. The lowest BCUT2D eigenvalue weighted by Crippen LogP contribution is -2.35. The third-order valence-electron chi connectivity index (χ3n) is 2.34. The van der Waals surface area contributed by atoms with Crippen molar-refractivity contribution in [3.05, 3.63) is 16.3 Å². The molecule has 2 heterocycles. The zero-order valence-electron chi connectivity index (χ0n) is 8.10.